The number of carbonyl (C=O) groups excluding carboxylic acids is 1. The predicted molar refractivity (Wildman–Crippen MR) is 114 cm³/mol. The molecule has 0 bridgehead atoms. The van der Waals surface area contributed by atoms with E-state index in [1.165, 1.54) is 0 Å². The minimum absolute atomic E-state index is 0.138. The van der Waals surface area contributed by atoms with Gasteiger partial charge >= 0.3 is 16.3 Å². The molecule has 170 valence electrons. The van der Waals surface area contributed by atoms with E-state index in [0.717, 1.165) is 11.6 Å². The Morgan fingerprint density at radius 3 is 2.25 bits per heavy atom. The highest BCUT2D eigenvalue weighted by atomic mass is 32.5. The lowest BCUT2D eigenvalue weighted by Gasteiger charge is -2.40. The van der Waals surface area contributed by atoms with Crippen LogP contribution >= 0.6 is 10.2 Å². The number of benzene rings is 3. The molecule has 3 N–H and O–H groups in total. The van der Waals surface area contributed by atoms with Crippen LogP contribution in [0.3, 0.4) is 0 Å². The molecule has 0 aromatic heterocycles. The molecule has 2 atom stereocenters. The third kappa shape index (κ3) is 4.56. The number of aliphatic hydroxyl groups is 1. The molecule has 3 aromatic rings. The highest BCUT2D eigenvalue weighted by molar-refractivity contribution is 8.45. The van der Waals surface area contributed by atoms with E-state index in [1.807, 2.05) is 0 Å². The highest BCUT2D eigenvalue weighted by Crippen LogP contribution is 3.02. The smallest absolute Gasteiger partial charge is 0.319 e. The van der Waals surface area contributed by atoms with Gasteiger partial charge in [-0.15, -0.1) is 0 Å². The van der Waals surface area contributed by atoms with E-state index in [9.17, 15) is 29.3 Å². The van der Waals surface area contributed by atoms with Gasteiger partial charge in [-0.3, -0.25) is 0 Å². The second-order valence-electron chi connectivity index (χ2n) is 7.59. The third-order valence-corrected chi connectivity index (χ3v) is 6.40. The van der Waals surface area contributed by atoms with Crippen molar-refractivity contribution in [3.8, 4) is 11.1 Å². The summed E-state index contributed by atoms with van der Waals surface area (Å²) in [6.45, 7) is 0. The van der Waals surface area contributed by atoms with Gasteiger partial charge in [0.15, 0.2) is 0 Å². The molecule has 1 aliphatic rings. The van der Waals surface area contributed by atoms with E-state index < -0.39 is 39.0 Å². The number of nitrogens with one attached hydrogen (secondary N) is 2. The van der Waals surface area contributed by atoms with Crippen LogP contribution in [0.25, 0.3) is 11.1 Å². The zero-order valence-corrected chi connectivity index (χ0v) is 17.3. The summed E-state index contributed by atoms with van der Waals surface area (Å²) in [5, 5.41) is 15.1. The van der Waals surface area contributed by atoms with Gasteiger partial charge in [0.05, 0.1) is 17.8 Å². The van der Waals surface area contributed by atoms with Crippen LogP contribution in [0.2, 0.25) is 0 Å². The second-order valence-corrected chi connectivity index (χ2v) is 10.00. The summed E-state index contributed by atoms with van der Waals surface area (Å²) in [4.78, 5) is 10.5. The molecular formula is C22H19F5N2O2S. The first-order chi connectivity index (χ1) is 14.8. The maximum atomic E-state index is 13.4. The standard InChI is InChI=1S/C22H19F5N2O2S/c23-32(24,25,26,27)16-10-11-17(14-6-2-1-3-7-14)19(13-16)28-22(31)29-21-18-9-5-4-8-15(18)12-20(21)30/h1-11,13,20-21,30H,12H2,(H2,28,29,31)/t20-,21+/m0/s1. The van der Waals surface area contributed by atoms with Crippen molar-refractivity contribution in [1.82, 2.24) is 5.32 Å². The molecule has 4 nitrogen and oxygen atoms in total. The molecule has 0 radical (unpaired) electrons. The number of anilines is 1. The van der Waals surface area contributed by atoms with Crippen LogP contribution in [-0.2, 0) is 6.42 Å². The zero-order valence-electron chi connectivity index (χ0n) is 16.4. The quantitative estimate of drug-likeness (QED) is 0.368. The summed E-state index contributed by atoms with van der Waals surface area (Å²) >= 11 is 0. The fourth-order valence-electron chi connectivity index (χ4n) is 3.78. The number of amides is 2. The summed E-state index contributed by atoms with van der Waals surface area (Å²) in [7, 11) is -9.97. The molecule has 0 heterocycles. The molecule has 0 saturated carbocycles. The highest BCUT2D eigenvalue weighted by Gasteiger charge is 2.65. The largest absolute Gasteiger partial charge is 0.390 e. The lowest BCUT2D eigenvalue weighted by molar-refractivity contribution is 0.144. The van der Waals surface area contributed by atoms with Gasteiger partial charge < -0.3 is 15.7 Å². The van der Waals surface area contributed by atoms with E-state index >= 15 is 0 Å². The third-order valence-electron chi connectivity index (χ3n) is 5.26. The number of urea groups is 1. The van der Waals surface area contributed by atoms with Gasteiger partial charge in [-0.2, -0.15) is 0 Å². The Kier molecular flexibility index (Phi) is 4.80. The maximum absolute atomic E-state index is 13.4. The van der Waals surface area contributed by atoms with Gasteiger partial charge in [-0.1, -0.05) is 80.1 Å². The van der Waals surface area contributed by atoms with Crippen molar-refractivity contribution in [2.24, 2.45) is 0 Å². The first kappa shape index (κ1) is 22.1. The van der Waals surface area contributed by atoms with Gasteiger partial charge in [0, 0.05) is 12.0 Å². The van der Waals surface area contributed by atoms with Crippen LogP contribution in [0.15, 0.2) is 77.7 Å². The van der Waals surface area contributed by atoms with Crippen LogP contribution in [0.4, 0.5) is 29.9 Å². The van der Waals surface area contributed by atoms with Gasteiger partial charge in [0.2, 0.25) is 0 Å². The summed E-state index contributed by atoms with van der Waals surface area (Å²) in [6, 6.07) is 14.9. The van der Waals surface area contributed by atoms with Gasteiger partial charge in [-0.05, 0) is 28.8 Å². The Hall–Kier alpha value is -3.11. The molecule has 32 heavy (non-hydrogen) atoms. The minimum atomic E-state index is -9.97. The molecule has 0 fully saturated rings. The van der Waals surface area contributed by atoms with E-state index in [-0.39, 0.29) is 11.6 Å². The summed E-state index contributed by atoms with van der Waals surface area (Å²) < 4.78 is 66.9. The number of hydrogen-bond acceptors (Lipinski definition) is 2. The van der Waals surface area contributed by atoms with Crippen molar-refractivity contribution in [3.05, 3.63) is 83.9 Å². The molecule has 0 saturated heterocycles. The molecule has 0 aliphatic heterocycles. The molecule has 4 rings (SSSR count). The lowest BCUT2D eigenvalue weighted by atomic mass is 10.0. The maximum Gasteiger partial charge on any atom is 0.319 e. The molecule has 0 spiro atoms. The number of fused-ring (bicyclic) bond motifs is 1. The summed E-state index contributed by atoms with van der Waals surface area (Å²) in [5.74, 6) is 0. The Bertz CT molecular complexity index is 1190. The van der Waals surface area contributed by atoms with Crippen molar-refractivity contribution in [2.75, 3.05) is 5.32 Å². The number of hydrogen-bond donors (Lipinski definition) is 3. The lowest BCUT2D eigenvalue weighted by Crippen LogP contribution is -2.37. The van der Waals surface area contributed by atoms with Crippen molar-refractivity contribution in [1.29, 1.82) is 0 Å². The zero-order chi connectivity index (χ0) is 23.2. The molecular weight excluding hydrogens is 451 g/mol. The Balaban J connectivity index is 1.68. The minimum Gasteiger partial charge on any atom is -0.390 e. The van der Waals surface area contributed by atoms with Crippen LogP contribution in [-0.4, -0.2) is 17.2 Å². The number of carbonyl (C=O) groups is 1. The van der Waals surface area contributed by atoms with E-state index in [4.69, 9.17) is 0 Å². The van der Waals surface area contributed by atoms with Crippen LogP contribution in [0, 0.1) is 0 Å². The molecule has 3 aromatic carbocycles. The fraction of sp³-hybridized carbons (Fsp3) is 0.136. The summed E-state index contributed by atoms with van der Waals surface area (Å²) in [5.41, 5.74) is 1.65. The molecule has 2 amide bonds. The Morgan fingerprint density at radius 2 is 1.56 bits per heavy atom. The normalized spacial score (nSPS) is 20.1. The van der Waals surface area contributed by atoms with Crippen LogP contribution in [0.5, 0.6) is 0 Å². The first-order valence-electron chi connectivity index (χ1n) is 9.59. The monoisotopic (exact) mass is 470 g/mol. The van der Waals surface area contributed by atoms with E-state index in [0.29, 0.717) is 23.6 Å². The van der Waals surface area contributed by atoms with E-state index in [2.05, 4.69) is 10.6 Å². The van der Waals surface area contributed by atoms with Crippen molar-refractivity contribution in [2.45, 2.75) is 23.5 Å². The Morgan fingerprint density at radius 1 is 0.906 bits per heavy atom. The second kappa shape index (κ2) is 6.94. The number of aliphatic hydroxyl groups excluding tert-OH is 1. The number of halogens is 5. The average Bonchev–Trinajstić information content (AvgIpc) is 3.02. The van der Waals surface area contributed by atoms with Crippen molar-refractivity contribution < 1.29 is 29.3 Å². The molecule has 10 heteroatoms. The molecule has 1 aliphatic carbocycles. The first-order valence-corrected chi connectivity index (χ1v) is 11.5. The number of rotatable bonds is 4. The van der Waals surface area contributed by atoms with Gasteiger partial charge in [0.1, 0.15) is 4.90 Å². The predicted octanol–water partition coefficient (Wildman–Crippen LogP) is 6.79. The van der Waals surface area contributed by atoms with Crippen molar-refractivity contribution >= 4 is 21.9 Å². The Labute approximate surface area is 180 Å². The molecule has 0 unspecified atom stereocenters. The van der Waals surface area contributed by atoms with Crippen LogP contribution in [0.1, 0.15) is 17.2 Å². The van der Waals surface area contributed by atoms with Gasteiger partial charge in [0.25, 0.3) is 0 Å². The van der Waals surface area contributed by atoms with Crippen molar-refractivity contribution in [3.63, 3.8) is 0 Å². The van der Waals surface area contributed by atoms with Gasteiger partial charge in [-0.25, -0.2) is 4.79 Å². The van der Waals surface area contributed by atoms with Crippen LogP contribution < -0.4 is 10.6 Å². The summed E-state index contributed by atoms with van der Waals surface area (Å²) in [6.07, 6.45) is -0.626. The SMILES string of the molecule is O=C(Nc1cc(S(F)(F)(F)(F)F)ccc1-c1ccccc1)N[C@@H]1c2ccccc2C[C@@H]1O. The average molecular weight is 470 g/mol. The van der Waals surface area contributed by atoms with E-state index in [1.54, 1.807) is 54.6 Å². The topological polar surface area (TPSA) is 61.4 Å². The fourth-order valence-corrected chi connectivity index (χ4v) is 4.45.